The van der Waals surface area contributed by atoms with Crippen LogP contribution in [0.4, 0.5) is 5.82 Å². The fourth-order valence-corrected chi connectivity index (χ4v) is 1.36. The van der Waals surface area contributed by atoms with Crippen molar-refractivity contribution in [2.75, 3.05) is 5.73 Å². The third kappa shape index (κ3) is 3.67. The topological polar surface area (TPSA) is 76.2 Å². The fraction of sp³-hybridized carbons (Fsp3) is 0.455. The van der Waals surface area contributed by atoms with Gasteiger partial charge in [0.1, 0.15) is 11.9 Å². The minimum atomic E-state index is -0.857. The van der Waals surface area contributed by atoms with Gasteiger partial charge in [-0.2, -0.15) is 0 Å². The summed E-state index contributed by atoms with van der Waals surface area (Å²) < 4.78 is 0. The zero-order valence-electron chi connectivity index (χ0n) is 8.81. The number of aliphatic hydroxyl groups is 1. The van der Waals surface area contributed by atoms with Gasteiger partial charge in [-0.25, -0.2) is 4.98 Å². The molecule has 1 rings (SSSR count). The molecule has 1 atom stereocenters. The number of carbonyl (C=O) groups is 1. The number of pyridine rings is 1. The van der Waals surface area contributed by atoms with Crippen LogP contribution in [-0.4, -0.2) is 22.0 Å². The third-order valence-corrected chi connectivity index (χ3v) is 2.16. The Morgan fingerprint density at radius 3 is 3.00 bits per heavy atom. The maximum atomic E-state index is 11.5. The zero-order chi connectivity index (χ0) is 11.3. The molecule has 3 N–H and O–H groups in total. The van der Waals surface area contributed by atoms with E-state index in [4.69, 9.17) is 5.73 Å². The number of carbonyl (C=O) groups excluding carboxylic acids is 1. The molecule has 0 saturated heterocycles. The van der Waals surface area contributed by atoms with Crippen molar-refractivity contribution in [2.45, 2.75) is 32.3 Å². The Hall–Kier alpha value is -1.42. The molecule has 1 aromatic heterocycles. The molecule has 0 spiro atoms. The van der Waals surface area contributed by atoms with Gasteiger partial charge in [-0.15, -0.1) is 0 Å². The maximum Gasteiger partial charge on any atom is 0.165 e. The number of aliphatic hydroxyl groups excluding tert-OH is 1. The van der Waals surface area contributed by atoms with E-state index in [0.717, 1.165) is 12.0 Å². The molecule has 0 aliphatic heterocycles. The van der Waals surface area contributed by atoms with E-state index in [1.54, 1.807) is 18.3 Å². The SMILES string of the molecule is CCCC(O)C(=O)Cc1ccnc(N)c1. The zero-order valence-corrected chi connectivity index (χ0v) is 8.81. The Labute approximate surface area is 89.1 Å². The summed E-state index contributed by atoms with van der Waals surface area (Å²) in [6.45, 7) is 1.93. The summed E-state index contributed by atoms with van der Waals surface area (Å²) in [4.78, 5) is 15.3. The van der Waals surface area contributed by atoms with Crippen LogP contribution in [0.2, 0.25) is 0 Å². The summed E-state index contributed by atoms with van der Waals surface area (Å²) in [6, 6.07) is 3.38. The number of hydrogen-bond donors (Lipinski definition) is 2. The van der Waals surface area contributed by atoms with Crippen LogP contribution in [0.3, 0.4) is 0 Å². The molecule has 0 radical (unpaired) electrons. The second-order valence-electron chi connectivity index (χ2n) is 3.54. The first-order valence-corrected chi connectivity index (χ1v) is 5.04. The first-order chi connectivity index (χ1) is 7.13. The van der Waals surface area contributed by atoms with Crippen molar-refractivity contribution in [1.82, 2.24) is 4.98 Å². The highest BCUT2D eigenvalue weighted by molar-refractivity contribution is 5.85. The van der Waals surface area contributed by atoms with E-state index in [1.807, 2.05) is 6.92 Å². The molecule has 0 aliphatic carbocycles. The van der Waals surface area contributed by atoms with Gasteiger partial charge in [0.05, 0.1) is 0 Å². The lowest BCUT2D eigenvalue weighted by molar-refractivity contribution is -0.126. The van der Waals surface area contributed by atoms with Crippen LogP contribution in [0.1, 0.15) is 25.3 Å². The summed E-state index contributed by atoms with van der Waals surface area (Å²) in [5.74, 6) is 0.229. The van der Waals surface area contributed by atoms with E-state index in [2.05, 4.69) is 4.98 Å². The first kappa shape index (κ1) is 11.7. The third-order valence-electron chi connectivity index (χ3n) is 2.16. The molecule has 0 bridgehead atoms. The highest BCUT2D eigenvalue weighted by Gasteiger charge is 2.14. The summed E-state index contributed by atoms with van der Waals surface area (Å²) in [6.07, 6.45) is 2.23. The smallest absolute Gasteiger partial charge is 0.165 e. The Kier molecular flexibility index (Phi) is 4.24. The molecule has 0 aliphatic rings. The van der Waals surface area contributed by atoms with Crippen LogP contribution in [0.5, 0.6) is 0 Å². The second kappa shape index (κ2) is 5.46. The van der Waals surface area contributed by atoms with E-state index in [-0.39, 0.29) is 12.2 Å². The van der Waals surface area contributed by atoms with E-state index < -0.39 is 6.10 Å². The highest BCUT2D eigenvalue weighted by atomic mass is 16.3. The van der Waals surface area contributed by atoms with E-state index in [1.165, 1.54) is 0 Å². The van der Waals surface area contributed by atoms with Gasteiger partial charge in [0.2, 0.25) is 0 Å². The molecule has 15 heavy (non-hydrogen) atoms. The highest BCUT2D eigenvalue weighted by Crippen LogP contribution is 2.07. The van der Waals surface area contributed by atoms with Crippen LogP contribution in [0, 0.1) is 0 Å². The first-order valence-electron chi connectivity index (χ1n) is 5.04. The molecular formula is C11H16N2O2. The van der Waals surface area contributed by atoms with Crippen LogP contribution in [-0.2, 0) is 11.2 Å². The quantitative estimate of drug-likeness (QED) is 0.755. The molecule has 0 aromatic carbocycles. The number of nitrogen functional groups attached to an aromatic ring is 1. The molecule has 1 aromatic rings. The molecule has 0 fully saturated rings. The Balaban J connectivity index is 2.58. The van der Waals surface area contributed by atoms with Gasteiger partial charge in [0.25, 0.3) is 0 Å². The van der Waals surface area contributed by atoms with Crippen LogP contribution >= 0.6 is 0 Å². The Morgan fingerprint density at radius 1 is 1.67 bits per heavy atom. The molecule has 0 saturated carbocycles. The molecule has 82 valence electrons. The normalized spacial score (nSPS) is 12.4. The van der Waals surface area contributed by atoms with Gasteiger partial charge in [-0.05, 0) is 24.1 Å². The lowest BCUT2D eigenvalue weighted by atomic mass is 10.0. The summed E-state index contributed by atoms with van der Waals surface area (Å²) >= 11 is 0. The lowest BCUT2D eigenvalue weighted by Crippen LogP contribution is -2.21. The monoisotopic (exact) mass is 208 g/mol. The number of ketones is 1. The molecule has 4 nitrogen and oxygen atoms in total. The average molecular weight is 208 g/mol. The van der Waals surface area contributed by atoms with Crippen molar-refractivity contribution < 1.29 is 9.90 Å². The number of aromatic nitrogens is 1. The van der Waals surface area contributed by atoms with Crippen molar-refractivity contribution in [3.63, 3.8) is 0 Å². The largest absolute Gasteiger partial charge is 0.385 e. The van der Waals surface area contributed by atoms with Crippen molar-refractivity contribution in [2.24, 2.45) is 0 Å². The minimum Gasteiger partial charge on any atom is -0.385 e. The van der Waals surface area contributed by atoms with Gasteiger partial charge in [0.15, 0.2) is 5.78 Å². The van der Waals surface area contributed by atoms with Crippen LogP contribution in [0.25, 0.3) is 0 Å². The molecule has 4 heteroatoms. The van der Waals surface area contributed by atoms with Crippen molar-refractivity contribution in [3.8, 4) is 0 Å². The molecule has 0 amide bonds. The van der Waals surface area contributed by atoms with Crippen LogP contribution in [0.15, 0.2) is 18.3 Å². The van der Waals surface area contributed by atoms with Crippen molar-refractivity contribution in [1.29, 1.82) is 0 Å². The van der Waals surface area contributed by atoms with Crippen molar-refractivity contribution in [3.05, 3.63) is 23.9 Å². The number of hydrogen-bond acceptors (Lipinski definition) is 4. The standard InChI is InChI=1S/C11H16N2O2/c1-2-3-9(14)10(15)6-8-4-5-13-11(12)7-8/h4-5,7,9,14H,2-3,6H2,1H3,(H2,12,13). The lowest BCUT2D eigenvalue weighted by Gasteiger charge is -2.07. The minimum absolute atomic E-state index is 0.164. The number of nitrogens with zero attached hydrogens (tertiary/aromatic N) is 1. The summed E-state index contributed by atoms with van der Waals surface area (Å²) in [5, 5.41) is 9.45. The van der Waals surface area contributed by atoms with Crippen molar-refractivity contribution >= 4 is 11.6 Å². The number of rotatable bonds is 5. The molecular weight excluding hydrogens is 192 g/mol. The fourth-order valence-electron chi connectivity index (χ4n) is 1.36. The molecule has 1 heterocycles. The predicted molar refractivity (Wildman–Crippen MR) is 58.3 cm³/mol. The van der Waals surface area contributed by atoms with E-state index in [0.29, 0.717) is 12.2 Å². The summed E-state index contributed by atoms with van der Waals surface area (Å²) in [5.41, 5.74) is 6.28. The van der Waals surface area contributed by atoms with Gasteiger partial charge >= 0.3 is 0 Å². The number of Topliss-reactive ketones (excluding diaryl/α,β-unsaturated/α-hetero) is 1. The summed E-state index contributed by atoms with van der Waals surface area (Å²) in [7, 11) is 0. The van der Waals surface area contributed by atoms with Gasteiger partial charge in [-0.1, -0.05) is 13.3 Å². The average Bonchev–Trinajstić information content (AvgIpc) is 2.18. The van der Waals surface area contributed by atoms with Gasteiger partial charge < -0.3 is 10.8 Å². The van der Waals surface area contributed by atoms with E-state index >= 15 is 0 Å². The van der Waals surface area contributed by atoms with E-state index in [9.17, 15) is 9.90 Å². The van der Waals surface area contributed by atoms with Gasteiger partial charge in [0, 0.05) is 12.6 Å². The predicted octanol–water partition coefficient (Wildman–Crippen LogP) is 0.936. The number of nitrogens with two attached hydrogens (primary N) is 1. The molecule has 1 unspecified atom stereocenters. The number of anilines is 1. The van der Waals surface area contributed by atoms with Gasteiger partial charge in [-0.3, -0.25) is 4.79 Å². The second-order valence-corrected chi connectivity index (χ2v) is 3.54. The Morgan fingerprint density at radius 2 is 2.40 bits per heavy atom. The Bertz CT molecular complexity index is 339. The van der Waals surface area contributed by atoms with Crippen LogP contribution < -0.4 is 5.73 Å². The maximum absolute atomic E-state index is 11.5.